The molecule has 0 amide bonds. The second-order valence-electron chi connectivity index (χ2n) is 15.5. The highest BCUT2D eigenvalue weighted by Gasteiger charge is 2.48. The van der Waals surface area contributed by atoms with Crippen LogP contribution in [0.4, 0.5) is 17.1 Å². The zero-order valence-corrected chi connectivity index (χ0v) is 32.1. The highest BCUT2D eigenvalue weighted by Crippen LogP contribution is 2.62. The van der Waals surface area contributed by atoms with E-state index in [-0.39, 0.29) is 0 Å². The molecule has 58 heavy (non-hydrogen) atoms. The Balaban J connectivity index is 1.14. The molecule has 1 aromatic heterocycles. The topological polar surface area (TPSA) is 16.4 Å². The van der Waals surface area contributed by atoms with Crippen LogP contribution in [0, 0.1) is 0 Å². The first-order valence-corrected chi connectivity index (χ1v) is 20.7. The second-order valence-corrected chi connectivity index (χ2v) is 16.6. The van der Waals surface area contributed by atoms with E-state index in [0.29, 0.717) is 0 Å². The predicted octanol–water partition coefficient (Wildman–Crippen LogP) is 15.3. The second kappa shape index (κ2) is 12.0. The lowest BCUT2D eigenvalue weighted by Crippen LogP contribution is -2.36. The zero-order valence-electron chi connectivity index (χ0n) is 31.3. The number of hydrogen-bond acceptors (Lipinski definition) is 3. The Hall–Kier alpha value is -7.07. The first kappa shape index (κ1) is 32.1. The monoisotopic (exact) mass is 755 g/mol. The van der Waals surface area contributed by atoms with Gasteiger partial charge in [-0.3, -0.25) is 0 Å². The van der Waals surface area contributed by atoms with Crippen LogP contribution in [0.1, 0.15) is 22.3 Å². The molecule has 0 saturated carbocycles. The van der Waals surface area contributed by atoms with E-state index in [1.807, 2.05) is 11.8 Å². The molecule has 0 radical (unpaired) electrons. The van der Waals surface area contributed by atoms with E-state index in [1.54, 1.807) is 0 Å². The Labute approximate surface area is 339 Å². The van der Waals surface area contributed by atoms with Crippen LogP contribution in [0.2, 0.25) is 0 Å². The van der Waals surface area contributed by atoms with Gasteiger partial charge in [0.2, 0.25) is 0 Å². The summed E-state index contributed by atoms with van der Waals surface area (Å²) in [7, 11) is 0. The van der Waals surface area contributed by atoms with E-state index in [1.165, 1.54) is 70.1 Å². The molecule has 10 aromatic carbocycles. The molecule has 1 aliphatic carbocycles. The summed E-state index contributed by atoms with van der Waals surface area (Å²) in [5.74, 6) is 0. The van der Waals surface area contributed by atoms with Crippen molar-refractivity contribution in [2.24, 2.45) is 0 Å². The minimum Gasteiger partial charge on any atom is -0.455 e. The molecule has 0 N–H and O–H groups in total. The number of furan rings is 1. The molecule has 2 nitrogen and oxygen atoms in total. The van der Waals surface area contributed by atoms with E-state index in [0.717, 1.165) is 44.4 Å². The molecule has 0 fully saturated rings. The number of nitrogens with zero attached hydrogens (tertiary/aromatic N) is 1. The van der Waals surface area contributed by atoms with Crippen molar-refractivity contribution in [2.75, 3.05) is 4.90 Å². The summed E-state index contributed by atoms with van der Waals surface area (Å²) in [6.45, 7) is 0. The highest BCUT2D eigenvalue weighted by atomic mass is 32.2. The normalized spacial score (nSPS) is 13.6. The molecule has 0 saturated heterocycles. The third kappa shape index (κ3) is 4.23. The average molecular weight is 756 g/mol. The first-order valence-electron chi connectivity index (χ1n) is 19.9. The van der Waals surface area contributed by atoms with Crippen molar-refractivity contribution >= 4 is 83.1 Å². The molecule has 2 heterocycles. The van der Waals surface area contributed by atoms with Crippen LogP contribution in [-0.4, -0.2) is 0 Å². The van der Waals surface area contributed by atoms with Gasteiger partial charge in [-0.15, -0.1) is 0 Å². The molecular weight excluding hydrogens is 723 g/mol. The van der Waals surface area contributed by atoms with Gasteiger partial charge in [0, 0.05) is 48.5 Å². The SMILES string of the molecule is c1ccc2c(c1)Sc1ccccc1C21c2ccccc2-c2ccc(N(c3ccc4c(c3)oc3c5ccccc5ccc43)c3cccc4ccccc34)c3cccc1c23. The lowest BCUT2D eigenvalue weighted by atomic mass is 9.59. The van der Waals surface area contributed by atoms with Gasteiger partial charge in [0.05, 0.1) is 16.8 Å². The summed E-state index contributed by atoms with van der Waals surface area (Å²) >= 11 is 1.88. The lowest BCUT2D eigenvalue weighted by Gasteiger charge is -2.46. The molecule has 0 atom stereocenters. The van der Waals surface area contributed by atoms with Crippen molar-refractivity contribution in [2.45, 2.75) is 15.2 Å². The number of hydrogen-bond donors (Lipinski definition) is 0. The van der Waals surface area contributed by atoms with Gasteiger partial charge in [-0.2, -0.15) is 0 Å². The van der Waals surface area contributed by atoms with Crippen molar-refractivity contribution in [1.82, 2.24) is 0 Å². The van der Waals surface area contributed by atoms with Crippen LogP contribution in [0.3, 0.4) is 0 Å². The molecule has 3 heteroatoms. The van der Waals surface area contributed by atoms with E-state index in [9.17, 15) is 0 Å². The van der Waals surface area contributed by atoms with Gasteiger partial charge >= 0.3 is 0 Å². The molecule has 2 aliphatic rings. The van der Waals surface area contributed by atoms with E-state index in [4.69, 9.17) is 4.42 Å². The number of fused-ring (bicyclic) bond motifs is 14. The molecule has 1 aliphatic heterocycles. The van der Waals surface area contributed by atoms with Crippen LogP contribution in [0.5, 0.6) is 0 Å². The minimum absolute atomic E-state index is 0.500. The summed E-state index contributed by atoms with van der Waals surface area (Å²) in [4.78, 5) is 5.07. The Morgan fingerprint density at radius 1 is 0.397 bits per heavy atom. The van der Waals surface area contributed by atoms with E-state index < -0.39 is 5.41 Å². The first-order chi connectivity index (χ1) is 28.8. The largest absolute Gasteiger partial charge is 0.455 e. The molecule has 0 unspecified atom stereocenters. The highest BCUT2D eigenvalue weighted by molar-refractivity contribution is 7.99. The standard InChI is InChI=1S/C55H33NOS/c1-3-16-37-34(13-1)15-11-24-48(37)56(36-28-30-40-42-29-27-35-14-2-4-17-38(35)54(42)57-50(40)33-36)49-32-31-41-39-18-5-6-20-44(39)55(47-23-12-19-43(49)53(41)47)45-21-7-9-25-51(45)58-52-26-10-8-22-46(52)55/h1-33H. The summed E-state index contributed by atoms with van der Waals surface area (Å²) in [6.07, 6.45) is 0. The van der Waals surface area contributed by atoms with Crippen molar-refractivity contribution in [3.8, 4) is 11.1 Å². The molecule has 11 aromatic rings. The maximum atomic E-state index is 6.82. The fourth-order valence-corrected chi connectivity index (χ4v) is 11.5. The number of anilines is 3. The third-order valence-electron chi connectivity index (χ3n) is 12.7. The molecule has 270 valence electrons. The van der Waals surface area contributed by atoms with E-state index >= 15 is 0 Å². The smallest absolute Gasteiger partial charge is 0.143 e. The summed E-state index contributed by atoms with van der Waals surface area (Å²) in [5, 5.41) is 9.44. The Morgan fingerprint density at radius 3 is 1.83 bits per heavy atom. The van der Waals surface area contributed by atoms with Crippen LogP contribution in [0.25, 0.3) is 65.4 Å². The molecular formula is C55H33NOS. The van der Waals surface area contributed by atoms with Gasteiger partial charge in [0.1, 0.15) is 11.2 Å². The number of benzene rings is 10. The van der Waals surface area contributed by atoms with Crippen molar-refractivity contribution < 1.29 is 4.42 Å². The maximum absolute atomic E-state index is 6.82. The van der Waals surface area contributed by atoms with Gasteiger partial charge in [-0.1, -0.05) is 163 Å². The average Bonchev–Trinajstić information content (AvgIpc) is 3.67. The maximum Gasteiger partial charge on any atom is 0.143 e. The van der Waals surface area contributed by atoms with Gasteiger partial charge < -0.3 is 9.32 Å². The molecule has 1 spiro atoms. The Morgan fingerprint density at radius 2 is 1.00 bits per heavy atom. The summed E-state index contributed by atoms with van der Waals surface area (Å²) in [6, 6.07) is 73.9. The third-order valence-corrected chi connectivity index (χ3v) is 13.9. The van der Waals surface area contributed by atoms with Crippen LogP contribution < -0.4 is 4.90 Å². The summed E-state index contributed by atoms with van der Waals surface area (Å²) < 4.78 is 6.82. The Kier molecular flexibility index (Phi) is 6.62. The number of rotatable bonds is 3. The molecule has 0 bridgehead atoms. The van der Waals surface area contributed by atoms with Gasteiger partial charge in [0.15, 0.2) is 0 Å². The van der Waals surface area contributed by atoms with Gasteiger partial charge in [0.25, 0.3) is 0 Å². The molecule has 13 rings (SSSR count). The van der Waals surface area contributed by atoms with E-state index in [2.05, 4.69) is 205 Å². The lowest BCUT2D eigenvalue weighted by molar-refractivity contribution is 0.673. The minimum atomic E-state index is -0.500. The quantitative estimate of drug-likeness (QED) is 0.179. The van der Waals surface area contributed by atoms with Gasteiger partial charge in [-0.25, -0.2) is 0 Å². The van der Waals surface area contributed by atoms with Crippen LogP contribution >= 0.6 is 11.8 Å². The Bertz CT molecular complexity index is 3470. The van der Waals surface area contributed by atoms with Crippen molar-refractivity contribution in [3.63, 3.8) is 0 Å². The fourth-order valence-electron chi connectivity index (χ4n) is 10.3. The predicted molar refractivity (Wildman–Crippen MR) is 242 cm³/mol. The van der Waals surface area contributed by atoms with Crippen molar-refractivity contribution in [1.29, 1.82) is 0 Å². The summed E-state index contributed by atoms with van der Waals surface area (Å²) in [5.41, 5.74) is 12.5. The zero-order chi connectivity index (χ0) is 38.0. The fraction of sp³-hybridized carbons (Fsp3) is 0.0182. The van der Waals surface area contributed by atoms with Crippen LogP contribution in [-0.2, 0) is 5.41 Å². The van der Waals surface area contributed by atoms with Crippen LogP contribution in [0.15, 0.2) is 214 Å². The van der Waals surface area contributed by atoms with Crippen molar-refractivity contribution in [3.05, 3.63) is 222 Å². The van der Waals surface area contributed by atoms with Gasteiger partial charge in [-0.05, 0) is 92.0 Å².